The predicted molar refractivity (Wildman–Crippen MR) is 132 cm³/mol. The number of hydrogen-bond acceptors (Lipinski definition) is 6. The number of nitrogens with zero attached hydrogens (tertiary/aromatic N) is 4. The van der Waals surface area contributed by atoms with Gasteiger partial charge in [-0.05, 0) is 60.4 Å². The van der Waals surface area contributed by atoms with Gasteiger partial charge in [-0.2, -0.15) is 0 Å². The standard InChI is InChI=1S/C26H26F2N6O3/c1-3-21(16-4-5-19(27)20(28)14-16)32-26(37)34-23(25(36)33(2)17-7-9-30-10-8-17)18(24(34)35)12-15-6-11-31-22(29)13-15/h4-11,13-14,18,21,23H,3,12H2,1-2H3,(H2,29,31)(H,32,37)/t18-,21-,23+/m1/s1. The molecule has 0 saturated carbocycles. The number of benzene rings is 1. The number of anilines is 2. The number of aromatic nitrogens is 2. The molecule has 4 rings (SSSR count). The Balaban J connectivity index is 1.60. The van der Waals surface area contributed by atoms with Gasteiger partial charge in [0, 0.05) is 31.3 Å². The SMILES string of the molecule is CC[C@@H](NC(=O)N1C(=O)[C@H](Cc2ccnc(N)c2)[C@H]1C(=O)N(C)c1ccncc1)c1ccc(F)c(F)c1. The number of halogens is 2. The monoisotopic (exact) mass is 508 g/mol. The van der Waals surface area contributed by atoms with E-state index in [1.165, 1.54) is 29.6 Å². The first kappa shape index (κ1) is 25.7. The van der Waals surface area contributed by atoms with Crippen molar-refractivity contribution in [2.75, 3.05) is 17.7 Å². The molecule has 3 heterocycles. The quantitative estimate of drug-likeness (QED) is 0.473. The highest BCUT2D eigenvalue weighted by atomic mass is 19.2. The van der Waals surface area contributed by atoms with Gasteiger partial charge < -0.3 is 16.0 Å². The zero-order chi connectivity index (χ0) is 26.7. The van der Waals surface area contributed by atoms with E-state index in [1.54, 1.807) is 38.2 Å². The van der Waals surface area contributed by atoms with Crippen LogP contribution in [0.2, 0.25) is 0 Å². The largest absolute Gasteiger partial charge is 0.384 e. The van der Waals surface area contributed by atoms with Gasteiger partial charge in [-0.3, -0.25) is 19.5 Å². The molecule has 4 amide bonds. The number of rotatable bonds is 7. The lowest BCUT2D eigenvalue weighted by molar-refractivity contribution is -0.156. The highest BCUT2D eigenvalue weighted by Crippen LogP contribution is 2.33. The summed E-state index contributed by atoms with van der Waals surface area (Å²) in [4.78, 5) is 50.2. The molecule has 11 heteroatoms. The molecule has 0 radical (unpaired) electrons. The second-order valence-electron chi connectivity index (χ2n) is 8.74. The van der Waals surface area contributed by atoms with E-state index < -0.39 is 47.5 Å². The van der Waals surface area contributed by atoms with Crippen molar-refractivity contribution in [2.45, 2.75) is 31.8 Å². The molecule has 1 saturated heterocycles. The number of urea groups is 1. The molecule has 1 aliphatic heterocycles. The molecule has 0 aliphatic carbocycles. The molecule has 0 unspecified atom stereocenters. The Kier molecular flexibility index (Phi) is 7.42. The van der Waals surface area contributed by atoms with Crippen LogP contribution in [0.4, 0.5) is 25.1 Å². The van der Waals surface area contributed by atoms with E-state index in [0.717, 1.165) is 17.0 Å². The minimum atomic E-state index is -1.09. The number of carbonyl (C=O) groups is 3. The minimum Gasteiger partial charge on any atom is -0.384 e. The summed E-state index contributed by atoms with van der Waals surface area (Å²) in [5.74, 6) is -3.59. The van der Waals surface area contributed by atoms with Crippen LogP contribution in [0, 0.1) is 17.6 Å². The van der Waals surface area contributed by atoms with E-state index in [0.29, 0.717) is 23.2 Å². The Morgan fingerprint density at radius 3 is 2.49 bits per heavy atom. The highest BCUT2D eigenvalue weighted by molar-refractivity contribution is 6.12. The lowest BCUT2D eigenvalue weighted by Gasteiger charge is -2.46. The number of nitrogens with one attached hydrogen (secondary N) is 1. The molecule has 3 N–H and O–H groups in total. The van der Waals surface area contributed by atoms with Crippen molar-refractivity contribution >= 4 is 29.4 Å². The van der Waals surface area contributed by atoms with Crippen LogP contribution >= 0.6 is 0 Å². The number of β-lactam (4-membered cyclic amide) rings is 1. The molecule has 192 valence electrons. The number of likely N-dealkylation sites (N-methyl/N-ethyl adjacent to an activating group) is 1. The highest BCUT2D eigenvalue weighted by Gasteiger charge is 2.55. The van der Waals surface area contributed by atoms with Crippen molar-refractivity contribution < 1.29 is 23.2 Å². The zero-order valence-corrected chi connectivity index (χ0v) is 20.3. The van der Waals surface area contributed by atoms with Crippen molar-refractivity contribution in [2.24, 2.45) is 5.92 Å². The number of pyridine rings is 2. The van der Waals surface area contributed by atoms with Crippen molar-refractivity contribution in [3.63, 3.8) is 0 Å². The number of carbonyl (C=O) groups excluding carboxylic acids is 3. The molecule has 1 aliphatic rings. The third-order valence-electron chi connectivity index (χ3n) is 6.42. The first-order chi connectivity index (χ1) is 17.7. The molecule has 1 aromatic carbocycles. The number of nitrogens with two attached hydrogens (primary N) is 1. The third-order valence-corrected chi connectivity index (χ3v) is 6.42. The first-order valence-corrected chi connectivity index (χ1v) is 11.7. The van der Waals surface area contributed by atoms with Gasteiger partial charge in [0.2, 0.25) is 5.91 Å². The average Bonchev–Trinajstić information content (AvgIpc) is 2.90. The van der Waals surface area contributed by atoms with Crippen LogP contribution in [-0.4, -0.2) is 45.8 Å². The van der Waals surface area contributed by atoms with Crippen LogP contribution in [0.1, 0.15) is 30.5 Å². The Hall–Kier alpha value is -4.41. The summed E-state index contributed by atoms with van der Waals surface area (Å²) < 4.78 is 27.2. The van der Waals surface area contributed by atoms with E-state index in [-0.39, 0.29) is 12.2 Å². The fourth-order valence-corrected chi connectivity index (χ4v) is 4.39. The smallest absolute Gasteiger partial charge is 0.325 e. The van der Waals surface area contributed by atoms with E-state index in [2.05, 4.69) is 15.3 Å². The van der Waals surface area contributed by atoms with Crippen LogP contribution in [0.25, 0.3) is 0 Å². The van der Waals surface area contributed by atoms with E-state index in [4.69, 9.17) is 5.73 Å². The Morgan fingerprint density at radius 2 is 1.84 bits per heavy atom. The van der Waals surface area contributed by atoms with Gasteiger partial charge in [0.05, 0.1) is 12.0 Å². The summed E-state index contributed by atoms with van der Waals surface area (Å²) in [6, 6.07) is 7.31. The van der Waals surface area contributed by atoms with Gasteiger partial charge >= 0.3 is 6.03 Å². The minimum absolute atomic E-state index is 0.177. The molecule has 1 fully saturated rings. The van der Waals surface area contributed by atoms with Gasteiger partial charge in [-0.15, -0.1) is 0 Å². The van der Waals surface area contributed by atoms with Crippen LogP contribution in [0.15, 0.2) is 61.1 Å². The van der Waals surface area contributed by atoms with Crippen molar-refractivity contribution in [1.82, 2.24) is 20.2 Å². The first-order valence-electron chi connectivity index (χ1n) is 11.7. The van der Waals surface area contributed by atoms with Crippen LogP contribution in [0.3, 0.4) is 0 Å². The summed E-state index contributed by atoms with van der Waals surface area (Å²) in [7, 11) is 1.55. The van der Waals surface area contributed by atoms with E-state index in [1.807, 2.05) is 0 Å². The molecular formula is C26H26F2N6O3. The topological polar surface area (TPSA) is 122 Å². The summed E-state index contributed by atoms with van der Waals surface area (Å²) in [6.07, 6.45) is 5.08. The maximum atomic E-state index is 13.8. The maximum Gasteiger partial charge on any atom is 0.325 e. The summed E-state index contributed by atoms with van der Waals surface area (Å²) in [5, 5.41) is 2.69. The van der Waals surface area contributed by atoms with Crippen molar-refractivity contribution in [3.05, 3.63) is 83.8 Å². The molecule has 0 spiro atoms. The zero-order valence-electron chi connectivity index (χ0n) is 20.3. The Labute approximate surface area is 212 Å². The fourth-order valence-electron chi connectivity index (χ4n) is 4.39. The fraction of sp³-hybridized carbons (Fsp3) is 0.269. The predicted octanol–water partition coefficient (Wildman–Crippen LogP) is 3.23. The second kappa shape index (κ2) is 10.7. The second-order valence-corrected chi connectivity index (χ2v) is 8.74. The summed E-state index contributed by atoms with van der Waals surface area (Å²) in [5.41, 5.74) is 7.34. The van der Waals surface area contributed by atoms with Gasteiger partial charge in [0.1, 0.15) is 11.9 Å². The number of hydrogen-bond donors (Lipinski definition) is 2. The maximum absolute atomic E-state index is 13.8. The van der Waals surface area contributed by atoms with Crippen LogP contribution in [0.5, 0.6) is 0 Å². The number of likely N-dealkylation sites (tertiary alicyclic amines) is 1. The number of nitrogen functional groups attached to an aromatic ring is 1. The molecule has 9 nitrogen and oxygen atoms in total. The van der Waals surface area contributed by atoms with Crippen LogP contribution in [-0.2, 0) is 16.0 Å². The Bertz CT molecular complexity index is 1320. The van der Waals surface area contributed by atoms with Gasteiger partial charge in [0.15, 0.2) is 11.6 Å². The van der Waals surface area contributed by atoms with Crippen LogP contribution < -0.4 is 16.0 Å². The lowest BCUT2D eigenvalue weighted by Crippen LogP contribution is -2.70. The molecule has 3 atom stereocenters. The van der Waals surface area contributed by atoms with E-state index in [9.17, 15) is 23.2 Å². The summed E-state index contributed by atoms with van der Waals surface area (Å²) >= 11 is 0. The third kappa shape index (κ3) is 5.25. The van der Waals surface area contributed by atoms with Gasteiger partial charge in [-0.1, -0.05) is 13.0 Å². The van der Waals surface area contributed by atoms with Gasteiger partial charge in [-0.25, -0.2) is 18.6 Å². The molecule has 2 aromatic heterocycles. The summed E-state index contributed by atoms with van der Waals surface area (Å²) in [6.45, 7) is 1.75. The molecule has 37 heavy (non-hydrogen) atoms. The van der Waals surface area contributed by atoms with Crippen molar-refractivity contribution in [1.29, 1.82) is 0 Å². The van der Waals surface area contributed by atoms with E-state index >= 15 is 0 Å². The molecule has 3 aromatic rings. The number of amides is 4. The molecule has 0 bridgehead atoms. The average molecular weight is 509 g/mol. The normalized spacial score (nSPS) is 17.6. The molecular weight excluding hydrogens is 482 g/mol. The van der Waals surface area contributed by atoms with Gasteiger partial charge in [0.25, 0.3) is 5.91 Å². The number of imide groups is 1. The van der Waals surface area contributed by atoms with Crippen molar-refractivity contribution in [3.8, 4) is 0 Å². The lowest BCUT2D eigenvalue weighted by atomic mass is 9.81. The Morgan fingerprint density at radius 1 is 1.11 bits per heavy atom.